The van der Waals surface area contributed by atoms with Gasteiger partial charge in [0.25, 0.3) is 6.08 Å². The second kappa shape index (κ2) is 8.16. The lowest BCUT2D eigenvalue weighted by Crippen LogP contribution is -2.70. The van der Waals surface area contributed by atoms with Gasteiger partial charge in [0.2, 0.25) is 0 Å². The topological polar surface area (TPSA) is 0 Å². The molecule has 1 rings (SSSR count). The average molecular weight is 624 g/mol. The summed E-state index contributed by atoms with van der Waals surface area (Å²) in [5, 5.41) is 0. The predicted molar refractivity (Wildman–Crippen MR) is 68.0 cm³/mol. The molecule has 0 saturated carbocycles. The largest absolute Gasteiger partial charge is 0.460 e. The van der Waals surface area contributed by atoms with Gasteiger partial charge in [0.15, 0.2) is 5.83 Å². The van der Waals surface area contributed by atoms with Gasteiger partial charge in [-0.2, -0.15) is 101 Å². The number of hydrogen-bond donors (Lipinski definition) is 0. The molecule has 0 aromatic rings. The molecule has 1 aliphatic carbocycles. The van der Waals surface area contributed by atoms with Crippen molar-refractivity contribution >= 4 is 0 Å². The first kappa shape index (κ1) is 33.8. The lowest BCUT2D eigenvalue weighted by Gasteiger charge is -2.40. The van der Waals surface area contributed by atoms with Crippen molar-refractivity contribution in [3.8, 4) is 0 Å². The van der Waals surface area contributed by atoms with Gasteiger partial charge in [-0.1, -0.05) is 0 Å². The summed E-state index contributed by atoms with van der Waals surface area (Å²) < 4.78 is 318. The third-order valence-electron chi connectivity index (χ3n) is 4.68. The molecule has 0 atom stereocenters. The lowest BCUT2D eigenvalue weighted by atomic mass is 9.85. The molecule has 0 aliphatic heterocycles. The molecule has 0 spiro atoms. The average Bonchev–Trinajstić information content (AvgIpc) is 2.69. The number of alkyl halides is 21. The molecule has 1 aliphatic rings. The number of allylic oxidation sites excluding steroid dienone is 3. The van der Waals surface area contributed by atoms with Crippen LogP contribution in [-0.4, -0.2) is 59.5 Å². The molecule has 0 radical (unpaired) electrons. The number of rotatable bonds is 5. The molecule has 0 amide bonds. The van der Waals surface area contributed by atoms with Crippen LogP contribution in [0.5, 0.6) is 0 Å². The molecule has 24 heteroatoms. The Bertz CT molecular complexity index is 1010. The van der Waals surface area contributed by atoms with Crippen molar-refractivity contribution in [1.29, 1.82) is 0 Å². The first-order valence-corrected chi connectivity index (χ1v) is 8.04. The zero-order valence-electron chi connectivity index (χ0n) is 16.1. The van der Waals surface area contributed by atoms with Crippen molar-refractivity contribution in [3.63, 3.8) is 0 Å². The van der Waals surface area contributed by atoms with Crippen molar-refractivity contribution in [2.75, 3.05) is 0 Å². The first-order valence-electron chi connectivity index (χ1n) is 8.04. The van der Waals surface area contributed by atoms with Crippen LogP contribution in [0, 0.1) is 0 Å². The molecular formula is C14F24. The molecule has 0 unspecified atom stereocenters. The molecular weight excluding hydrogens is 624 g/mol. The Morgan fingerprint density at radius 1 is 0.474 bits per heavy atom. The van der Waals surface area contributed by atoms with Crippen LogP contribution in [0.2, 0.25) is 0 Å². The highest BCUT2D eigenvalue weighted by Crippen LogP contribution is 2.67. The zero-order chi connectivity index (χ0) is 31.3. The third-order valence-corrected chi connectivity index (χ3v) is 4.68. The third kappa shape index (κ3) is 3.65. The van der Waals surface area contributed by atoms with Gasteiger partial charge in [-0.05, 0) is 0 Å². The van der Waals surface area contributed by atoms with E-state index in [1.54, 1.807) is 0 Å². The Kier molecular flexibility index (Phi) is 7.26. The Labute approximate surface area is 189 Å². The van der Waals surface area contributed by atoms with Gasteiger partial charge in [-0.25, -0.2) is 4.39 Å². The molecule has 0 N–H and O–H groups in total. The fraction of sp³-hybridized carbons (Fsp3) is 0.714. The van der Waals surface area contributed by atoms with E-state index in [-0.39, 0.29) is 0 Å². The van der Waals surface area contributed by atoms with Crippen LogP contribution in [0.1, 0.15) is 0 Å². The van der Waals surface area contributed by atoms with Gasteiger partial charge in [-0.3, -0.25) is 0 Å². The molecule has 0 fully saturated rings. The van der Waals surface area contributed by atoms with Crippen LogP contribution < -0.4 is 0 Å². The van der Waals surface area contributed by atoms with Gasteiger partial charge in [0.05, 0.1) is 5.57 Å². The van der Waals surface area contributed by atoms with Gasteiger partial charge < -0.3 is 0 Å². The Morgan fingerprint density at radius 3 is 1.11 bits per heavy atom. The van der Waals surface area contributed by atoms with Crippen LogP contribution in [0.25, 0.3) is 0 Å². The molecule has 0 nitrogen and oxygen atoms in total. The quantitative estimate of drug-likeness (QED) is 0.269. The fourth-order valence-corrected chi connectivity index (χ4v) is 2.55. The monoisotopic (exact) mass is 624 g/mol. The summed E-state index contributed by atoms with van der Waals surface area (Å²) >= 11 is 0. The zero-order valence-corrected chi connectivity index (χ0v) is 16.1. The highest BCUT2D eigenvalue weighted by Gasteiger charge is 2.93. The molecule has 0 aromatic heterocycles. The van der Waals surface area contributed by atoms with E-state index in [1.807, 2.05) is 0 Å². The first-order chi connectivity index (χ1) is 16.1. The molecule has 224 valence electrons. The Balaban J connectivity index is 4.33. The SMILES string of the molecule is FC(F)=C1C(C(F)(F)C(F)(F)C(F)(F)C(F)(F)C(F)(F)C(F)(F)F)=C(F)C(F)(F)C(F)(F)C(F)(F)C1(F)F. The lowest BCUT2D eigenvalue weighted by molar-refractivity contribution is -0.437. The van der Waals surface area contributed by atoms with E-state index in [1.165, 1.54) is 0 Å². The van der Waals surface area contributed by atoms with E-state index in [2.05, 4.69) is 0 Å². The molecule has 0 saturated heterocycles. The van der Waals surface area contributed by atoms with Gasteiger partial charge in [0.1, 0.15) is 5.57 Å². The van der Waals surface area contributed by atoms with Crippen LogP contribution in [-0.2, 0) is 0 Å². The van der Waals surface area contributed by atoms with E-state index >= 15 is 0 Å². The highest BCUT2D eigenvalue weighted by molar-refractivity contribution is 5.52. The molecule has 38 heavy (non-hydrogen) atoms. The normalized spacial score (nSPS) is 22.9. The Hall–Kier alpha value is -2.20. The van der Waals surface area contributed by atoms with Crippen molar-refractivity contribution in [2.24, 2.45) is 0 Å². The maximum Gasteiger partial charge on any atom is 0.460 e. The van der Waals surface area contributed by atoms with E-state index in [9.17, 15) is 105 Å². The summed E-state index contributed by atoms with van der Waals surface area (Å²) in [6.07, 6.45) is -13.3. The van der Waals surface area contributed by atoms with Crippen LogP contribution in [0.3, 0.4) is 0 Å². The van der Waals surface area contributed by atoms with Crippen molar-refractivity contribution in [2.45, 2.75) is 59.5 Å². The van der Waals surface area contributed by atoms with Crippen molar-refractivity contribution in [3.05, 3.63) is 23.1 Å². The summed E-state index contributed by atoms with van der Waals surface area (Å²) in [7, 11) is 0. The van der Waals surface area contributed by atoms with Gasteiger partial charge >= 0.3 is 59.5 Å². The molecule has 0 heterocycles. The van der Waals surface area contributed by atoms with Gasteiger partial charge in [0, 0.05) is 0 Å². The summed E-state index contributed by atoms with van der Waals surface area (Å²) in [6.45, 7) is 0. The number of halogens is 24. The summed E-state index contributed by atoms with van der Waals surface area (Å²) in [5.41, 5.74) is -11.1. The fourth-order valence-electron chi connectivity index (χ4n) is 2.55. The summed E-state index contributed by atoms with van der Waals surface area (Å²) in [5.74, 6) is -82.9. The minimum absolute atomic E-state index is 5.24. The maximum atomic E-state index is 14.1. The highest BCUT2D eigenvalue weighted by atomic mass is 19.4. The van der Waals surface area contributed by atoms with Crippen molar-refractivity contribution < 1.29 is 105 Å². The second-order valence-corrected chi connectivity index (χ2v) is 6.99. The standard InChI is InChI=1S/C14F24/c15-3-1(2(4(16)17)6(20,21)8(24,25)10(28,29)7(3,22)23)5(18,19)9(26,27)11(30,31)12(32,33)13(34,35)14(36,37)38. The van der Waals surface area contributed by atoms with E-state index in [0.29, 0.717) is 0 Å². The minimum Gasteiger partial charge on any atom is -0.204 e. The summed E-state index contributed by atoms with van der Waals surface area (Å²) in [4.78, 5) is 0. The van der Waals surface area contributed by atoms with E-state index < -0.39 is 82.5 Å². The minimum atomic E-state index is -9.13. The Morgan fingerprint density at radius 2 is 0.789 bits per heavy atom. The van der Waals surface area contributed by atoms with Crippen LogP contribution in [0.4, 0.5) is 105 Å². The second-order valence-electron chi connectivity index (χ2n) is 6.99. The van der Waals surface area contributed by atoms with Crippen LogP contribution >= 0.6 is 0 Å². The predicted octanol–water partition coefficient (Wildman–Crippen LogP) is 8.65. The maximum absolute atomic E-state index is 14.1. The van der Waals surface area contributed by atoms with E-state index in [0.717, 1.165) is 0 Å². The van der Waals surface area contributed by atoms with E-state index in [4.69, 9.17) is 0 Å². The smallest absolute Gasteiger partial charge is 0.204 e. The number of hydrogen-bond acceptors (Lipinski definition) is 0. The molecule has 0 bridgehead atoms. The molecule has 0 aromatic carbocycles. The van der Waals surface area contributed by atoms with Gasteiger partial charge in [-0.15, -0.1) is 0 Å². The summed E-state index contributed by atoms with van der Waals surface area (Å²) in [6, 6.07) is 0. The van der Waals surface area contributed by atoms with Crippen LogP contribution in [0.15, 0.2) is 23.1 Å². The van der Waals surface area contributed by atoms with Crippen molar-refractivity contribution in [1.82, 2.24) is 0 Å².